The van der Waals surface area contributed by atoms with E-state index in [-0.39, 0.29) is 12.0 Å². The van der Waals surface area contributed by atoms with Gasteiger partial charge in [-0.2, -0.15) is 0 Å². The van der Waals surface area contributed by atoms with Crippen LogP contribution in [0, 0.1) is 5.92 Å². The lowest BCUT2D eigenvalue weighted by molar-refractivity contribution is -0.121. The zero-order valence-electron chi connectivity index (χ0n) is 12.8. The summed E-state index contributed by atoms with van der Waals surface area (Å²) in [7, 11) is 1.66. The Balaban J connectivity index is 1.86. The number of methoxy groups -OCH3 is 1. The number of hydrogen-bond donors (Lipinski definition) is 1. The molecule has 22 heavy (non-hydrogen) atoms. The number of Topliss-reactive ketones (excluding diaryl/α,β-unsaturated/α-hetero) is 1. The number of hydrogen-bond acceptors (Lipinski definition) is 3. The van der Waals surface area contributed by atoms with Crippen LogP contribution >= 0.6 is 0 Å². The van der Waals surface area contributed by atoms with Crippen molar-refractivity contribution in [3.8, 4) is 5.75 Å². The smallest absolute Gasteiger partial charge is 0.138 e. The predicted molar refractivity (Wildman–Crippen MR) is 88.1 cm³/mol. The van der Waals surface area contributed by atoms with Gasteiger partial charge in [-0.15, -0.1) is 0 Å². The van der Waals surface area contributed by atoms with E-state index in [2.05, 4.69) is 17.4 Å². The molecule has 1 fully saturated rings. The van der Waals surface area contributed by atoms with Crippen LogP contribution in [0.3, 0.4) is 0 Å². The standard InChI is InChI=1S/C19H21NO2/c1-22-16-12-10-15(11-13-16)20-19(14-6-3-2-4-7-14)17-8-5-9-18(17)21/h2-4,6-7,10-13,17,19-20H,5,8-9H2,1H3/t17-,19+/m0/s1. The Labute approximate surface area is 131 Å². The summed E-state index contributed by atoms with van der Waals surface area (Å²) in [5.41, 5.74) is 2.17. The van der Waals surface area contributed by atoms with Gasteiger partial charge in [0.2, 0.25) is 0 Å². The zero-order valence-corrected chi connectivity index (χ0v) is 12.8. The lowest BCUT2D eigenvalue weighted by atomic mass is 9.90. The van der Waals surface area contributed by atoms with Crippen LogP contribution in [-0.2, 0) is 4.79 Å². The molecule has 3 heteroatoms. The van der Waals surface area contributed by atoms with E-state index in [1.165, 1.54) is 5.56 Å². The summed E-state index contributed by atoms with van der Waals surface area (Å²) in [4.78, 5) is 12.2. The average Bonchev–Trinajstić information content (AvgIpc) is 3.00. The van der Waals surface area contributed by atoms with Crippen molar-refractivity contribution in [2.45, 2.75) is 25.3 Å². The van der Waals surface area contributed by atoms with E-state index in [0.717, 1.165) is 24.3 Å². The van der Waals surface area contributed by atoms with E-state index in [0.29, 0.717) is 12.2 Å². The van der Waals surface area contributed by atoms with Gasteiger partial charge in [0.05, 0.1) is 13.2 Å². The molecule has 2 atom stereocenters. The first-order valence-electron chi connectivity index (χ1n) is 7.76. The first kappa shape index (κ1) is 14.6. The molecule has 2 aromatic rings. The van der Waals surface area contributed by atoms with Crippen molar-refractivity contribution in [3.05, 3.63) is 60.2 Å². The maximum absolute atomic E-state index is 12.2. The van der Waals surface area contributed by atoms with E-state index < -0.39 is 0 Å². The molecule has 0 aromatic heterocycles. The van der Waals surface area contributed by atoms with Crippen LogP contribution < -0.4 is 10.1 Å². The van der Waals surface area contributed by atoms with Gasteiger partial charge in [-0.1, -0.05) is 30.3 Å². The molecule has 0 radical (unpaired) electrons. The quantitative estimate of drug-likeness (QED) is 0.897. The number of nitrogens with one attached hydrogen (secondary N) is 1. The summed E-state index contributed by atoms with van der Waals surface area (Å²) in [5.74, 6) is 1.26. The first-order valence-corrected chi connectivity index (χ1v) is 7.76. The summed E-state index contributed by atoms with van der Waals surface area (Å²) in [6, 6.07) is 18.1. The van der Waals surface area contributed by atoms with Crippen molar-refractivity contribution >= 4 is 11.5 Å². The highest BCUT2D eigenvalue weighted by molar-refractivity contribution is 5.84. The average molecular weight is 295 g/mol. The van der Waals surface area contributed by atoms with Crippen molar-refractivity contribution in [3.63, 3.8) is 0 Å². The Hall–Kier alpha value is -2.29. The molecule has 1 aliphatic rings. The van der Waals surface area contributed by atoms with Crippen LogP contribution in [0.2, 0.25) is 0 Å². The fourth-order valence-electron chi connectivity index (χ4n) is 3.14. The van der Waals surface area contributed by atoms with Crippen molar-refractivity contribution in [1.82, 2.24) is 0 Å². The molecule has 1 saturated carbocycles. The second-order valence-corrected chi connectivity index (χ2v) is 5.73. The molecule has 0 unspecified atom stereocenters. The molecule has 1 N–H and O–H groups in total. The van der Waals surface area contributed by atoms with Gasteiger partial charge in [0.15, 0.2) is 0 Å². The van der Waals surface area contributed by atoms with Gasteiger partial charge in [-0.25, -0.2) is 0 Å². The molecule has 0 spiro atoms. The van der Waals surface area contributed by atoms with Gasteiger partial charge in [0.1, 0.15) is 11.5 Å². The maximum Gasteiger partial charge on any atom is 0.138 e. The first-order chi connectivity index (χ1) is 10.8. The highest BCUT2D eigenvalue weighted by Gasteiger charge is 2.33. The Morgan fingerprint density at radius 3 is 2.41 bits per heavy atom. The number of carbonyl (C=O) groups is 1. The number of carbonyl (C=O) groups excluding carboxylic acids is 1. The minimum Gasteiger partial charge on any atom is -0.497 e. The van der Waals surface area contributed by atoms with E-state index in [9.17, 15) is 4.79 Å². The van der Waals surface area contributed by atoms with E-state index >= 15 is 0 Å². The molecule has 0 aliphatic heterocycles. The molecule has 0 saturated heterocycles. The number of rotatable bonds is 5. The minimum absolute atomic E-state index is 0.0320. The van der Waals surface area contributed by atoms with E-state index in [4.69, 9.17) is 4.74 Å². The monoisotopic (exact) mass is 295 g/mol. The third kappa shape index (κ3) is 3.14. The Bertz CT molecular complexity index is 622. The van der Waals surface area contributed by atoms with Crippen LogP contribution in [0.25, 0.3) is 0 Å². The topological polar surface area (TPSA) is 38.3 Å². The van der Waals surface area contributed by atoms with Crippen LogP contribution in [0.1, 0.15) is 30.9 Å². The number of benzene rings is 2. The summed E-state index contributed by atoms with van der Waals surface area (Å²) >= 11 is 0. The zero-order chi connectivity index (χ0) is 15.4. The van der Waals surface area contributed by atoms with Crippen molar-refractivity contribution < 1.29 is 9.53 Å². The molecule has 0 bridgehead atoms. The minimum atomic E-state index is 0.0320. The Morgan fingerprint density at radius 2 is 1.82 bits per heavy atom. The summed E-state index contributed by atoms with van der Waals surface area (Å²) in [6.07, 6.45) is 2.66. The van der Waals surface area contributed by atoms with Gasteiger partial charge in [-0.05, 0) is 42.7 Å². The molecule has 114 valence electrons. The van der Waals surface area contributed by atoms with Gasteiger partial charge < -0.3 is 10.1 Å². The van der Waals surface area contributed by atoms with Gasteiger partial charge >= 0.3 is 0 Å². The van der Waals surface area contributed by atoms with Crippen LogP contribution in [0.5, 0.6) is 5.75 Å². The molecular formula is C19H21NO2. The van der Waals surface area contributed by atoms with Gasteiger partial charge in [0.25, 0.3) is 0 Å². The van der Waals surface area contributed by atoms with E-state index in [1.807, 2.05) is 42.5 Å². The fraction of sp³-hybridized carbons (Fsp3) is 0.316. The SMILES string of the molecule is COc1ccc(N[C@H](c2ccccc2)[C@H]2CCCC2=O)cc1. The Morgan fingerprint density at radius 1 is 1.09 bits per heavy atom. The second-order valence-electron chi connectivity index (χ2n) is 5.73. The summed E-state index contributed by atoms with van der Waals surface area (Å²) < 4.78 is 5.19. The third-order valence-electron chi connectivity index (χ3n) is 4.33. The van der Waals surface area contributed by atoms with E-state index in [1.54, 1.807) is 7.11 Å². The van der Waals surface area contributed by atoms with Crippen molar-refractivity contribution in [1.29, 1.82) is 0 Å². The fourth-order valence-corrected chi connectivity index (χ4v) is 3.14. The highest BCUT2D eigenvalue weighted by Crippen LogP contribution is 2.36. The van der Waals surface area contributed by atoms with Crippen molar-refractivity contribution in [2.24, 2.45) is 5.92 Å². The largest absolute Gasteiger partial charge is 0.497 e. The van der Waals surface area contributed by atoms with Crippen LogP contribution in [0.4, 0.5) is 5.69 Å². The third-order valence-corrected chi connectivity index (χ3v) is 4.33. The summed E-state index contributed by atoms with van der Waals surface area (Å²) in [5, 5.41) is 3.54. The molecule has 3 rings (SSSR count). The van der Waals surface area contributed by atoms with Crippen molar-refractivity contribution in [2.75, 3.05) is 12.4 Å². The van der Waals surface area contributed by atoms with Crippen LogP contribution in [0.15, 0.2) is 54.6 Å². The molecule has 1 aliphatic carbocycles. The number of ether oxygens (including phenoxy) is 1. The van der Waals surface area contributed by atoms with Crippen LogP contribution in [-0.4, -0.2) is 12.9 Å². The lowest BCUT2D eigenvalue weighted by Gasteiger charge is -2.25. The van der Waals surface area contributed by atoms with Gasteiger partial charge in [0, 0.05) is 18.0 Å². The van der Waals surface area contributed by atoms with Gasteiger partial charge in [-0.3, -0.25) is 4.79 Å². The molecule has 3 nitrogen and oxygen atoms in total. The molecule has 0 heterocycles. The maximum atomic E-state index is 12.2. The summed E-state index contributed by atoms with van der Waals surface area (Å²) in [6.45, 7) is 0. The molecule has 0 amide bonds. The molecular weight excluding hydrogens is 274 g/mol. The predicted octanol–water partition coefficient (Wildman–Crippen LogP) is 4.22. The second kappa shape index (κ2) is 6.65. The lowest BCUT2D eigenvalue weighted by Crippen LogP contribution is -2.24. The Kier molecular flexibility index (Phi) is 4.42. The molecule has 2 aromatic carbocycles. The highest BCUT2D eigenvalue weighted by atomic mass is 16.5. The normalized spacial score (nSPS) is 19.0. The number of ketones is 1. The number of anilines is 1.